The highest BCUT2D eigenvalue weighted by Crippen LogP contribution is 2.29. The molecule has 0 bridgehead atoms. The van der Waals surface area contributed by atoms with E-state index in [4.69, 9.17) is 4.74 Å². The van der Waals surface area contributed by atoms with Crippen LogP contribution in [-0.4, -0.2) is 50.8 Å². The number of rotatable bonds is 5. The van der Waals surface area contributed by atoms with Crippen molar-refractivity contribution in [1.29, 1.82) is 0 Å². The summed E-state index contributed by atoms with van der Waals surface area (Å²) < 4.78 is 7.05. The Hall–Kier alpha value is -2.28. The third-order valence-electron chi connectivity index (χ3n) is 4.67. The average Bonchev–Trinajstić information content (AvgIpc) is 3.12. The largest absolute Gasteiger partial charge is 0.380 e. The first kappa shape index (κ1) is 17.5. The minimum atomic E-state index is 0.0154. The van der Waals surface area contributed by atoms with Gasteiger partial charge in [-0.05, 0) is 32.8 Å². The molecular weight excluding hydrogens is 318 g/mol. The summed E-state index contributed by atoms with van der Waals surface area (Å²) in [5.41, 5.74) is 2.63. The number of piperidine rings is 1. The van der Waals surface area contributed by atoms with E-state index in [2.05, 4.69) is 15.1 Å². The SMILES string of the molecule is CCn1ccc(C(=O)N2CCC(c3nc(C)ncc3COC)CC2)n1. The van der Waals surface area contributed by atoms with E-state index in [0.717, 1.165) is 49.6 Å². The van der Waals surface area contributed by atoms with Crippen LogP contribution in [0.15, 0.2) is 18.5 Å². The van der Waals surface area contributed by atoms with E-state index in [-0.39, 0.29) is 5.91 Å². The average molecular weight is 343 g/mol. The third kappa shape index (κ3) is 3.87. The van der Waals surface area contributed by atoms with Crippen LogP contribution in [0, 0.1) is 6.92 Å². The molecule has 7 heteroatoms. The van der Waals surface area contributed by atoms with Crippen molar-refractivity contribution < 1.29 is 9.53 Å². The van der Waals surface area contributed by atoms with Crippen molar-refractivity contribution in [1.82, 2.24) is 24.6 Å². The topological polar surface area (TPSA) is 73.1 Å². The molecule has 0 atom stereocenters. The highest BCUT2D eigenvalue weighted by molar-refractivity contribution is 5.92. The quantitative estimate of drug-likeness (QED) is 0.832. The van der Waals surface area contributed by atoms with Crippen molar-refractivity contribution in [3.8, 4) is 0 Å². The molecule has 0 aliphatic carbocycles. The smallest absolute Gasteiger partial charge is 0.274 e. The second-order valence-electron chi connectivity index (χ2n) is 6.38. The minimum Gasteiger partial charge on any atom is -0.380 e. The van der Waals surface area contributed by atoms with E-state index in [0.29, 0.717) is 18.2 Å². The molecule has 0 radical (unpaired) electrons. The molecule has 0 unspecified atom stereocenters. The lowest BCUT2D eigenvalue weighted by Crippen LogP contribution is -2.38. The molecule has 2 aromatic heterocycles. The number of carbonyl (C=O) groups is 1. The van der Waals surface area contributed by atoms with E-state index in [9.17, 15) is 4.79 Å². The van der Waals surface area contributed by atoms with E-state index in [1.165, 1.54) is 0 Å². The fourth-order valence-electron chi connectivity index (χ4n) is 3.30. The number of ether oxygens (including phenoxy) is 1. The Morgan fingerprint density at radius 3 is 2.76 bits per heavy atom. The highest BCUT2D eigenvalue weighted by Gasteiger charge is 2.27. The van der Waals surface area contributed by atoms with Gasteiger partial charge in [0.2, 0.25) is 0 Å². The van der Waals surface area contributed by atoms with E-state index < -0.39 is 0 Å². The minimum absolute atomic E-state index is 0.0154. The van der Waals surface area contributed by atoms with Gasteiger partial charge >= 0.3 is 0 Å². The molecule has 0 spiro atoms. The fraction of sp³-hybridized carbons (Fsp3) is 0.556. The summed E-state index contributed by atoms with van der Waals surface area (Å²) >= 11 is 0. The zero-order chi connectivity index (χ0) is 17.8. The van der Waals surface area contributed by atoms with Gasteiger partial charge in [0.1, 0.15) is 11.5 Å². The van der Waals surface area contributed by atoms with Gasteiger partial charge in [-0.2, -0.15) is 5.10 Å². The predicted molar refractivity (Wildman–Crippen MR) is 93.3 cm³/mol. The molecule has 7 nitrogen and oxygen atoms in total. The summed E-state index contributed by atoms with van der Waals surface area (Å²) in [6.45, 7) is 6.64. The van der Waals surface area contributed by atoms with Gasteiger partial charge in [-0.1, -0.05) is 0 Å². The van der Waals surface area contributed by atoms with Crippen LogP contribution >= 0.6 is 0 Å². The molecule has 1 fully saturated rings. The molecule has 0 aromatic carbocycles. The van der Waals surface area contributed by atoms with E-state index >= 15 is 0 Å². The summed E-state index contributed by atoms with van der Waals surface area (Å²) in [7, 11) is 1.68. The lowest BCUT2D eigenvalue weighted by atomic mass is 9.90. The summed E-state index contributed by atoms with van der Waals surface area (Å²) in [5, 5.41) is 4.32. The van der Waals surface area contributed by atoms with Crippen molar-refractivity contribution in [2.24, 2.45) is 0 Å². The molecule has 134 valence electrons. The Morgan fingerprint density at radius 2 is 2.12 bits per heavy atom. The number of hydrogen-bond acceptors (Lipinski definition) is 5. The normalized spacial score (nSPS) is 15.6. The van der Waals surface area contributed by atoms with Crippen molar-refractivity contribution in [2.45, 2.75) is 45.8 Å². The first-order valence-electron chi connectivity index (χ1n) is 8.76. The number of aromatic nitrogens is 4. The summed E-state index contributed by atoms with van der Waals surface area (Å²) in [6.07, 6.45) is 5.50. The highest BCUT2D eigenvalue weighted by atomic mass is 16.5. The predicted octanol–water partition coefficient (Wildman–Crippen LogP) is 2.17. The van der Waals surface area contributed by atoms with Gasteiger partial charge in [0, 0.05) is 50.6 Å². The molecule has 2 aromatic rings. The number of likely N-dealkylation sites (tertiary alicyclic amines) is 1. The number of methoxy groups -OCH3 is 1. The Morgan fingerprint density at radius 1 is 1.36 bits per heavy atom. The van der Waals surface area contributed by atoms with Gasteiger partial charge in [0.15, 0.2) is 0 Å². The molecule has 25 heavy (non-hydrogen) atoms. The van der Waals surface area contributed by atoms with Crippen LogP contribution in [0.5, 0.6) is 0 Å². The van der Waals surface area contributed by atoms with Gasteiger partial charge in [-0.25, -0.2) is 9.97 Å². The Labute approximate surface area is 148 Å². The van der Waals surface area contributed by atoms with Crippen LogP contribution < -0.4 is 0 Å². The third-order valence-corrected chi connectivity index (χ3v) is 4.67. The Balaban J connectivity index is 1.67. The zero-order valence-corrected chi connectivity index (χ0v) is 15.1. The monoisotopic (exact) mass is 343 g/mol. The maximum atomic E-state index is 12.6. The number of hydrogen-bond donors (Lipinski definition) is 0. The van der Waals surface area contributed by atoms with Crippen molar-refractivity contribution in [2.75, 3.05) is 20.2 Å². The maximum Gasteiger partial charge on any atom is 0.274 e. The van der Waals surface area contributed by atoms with Crippen molar-refractivity contribution in [3.63, 3.8) is 0 Å². The molecule has 1 amide bonds. The van der Waals surface area contributed by atoms with Crippen LogP contribution in [0.4, 0.5) is 0 Å². The first-order valence-corrected chi connectivity index (χ1v) is 8.76. The summed E-state index contributed by atoms with van der Waals surface area (Å²) in [4.78, 5) is 23.4. The molecule has 1 aliphatic heterocycles. The van der Waals surface area contributed by atoms with E-state index in [1.807, 2.05) is 31.1 Å². The lowest BCUT2D eigenvalue weighted by molar-refractivity contribution is 0.0704. The van der Waals surface area contributed by atoms with Crippen LogP contribution in [0.25, 0.3) is 0 Å². The number of amides is 1. The van der Waals surface area contributed by atoms with Crippen molar-refractivity contribution >= 4 is 5.91 Å². The first-order chi connectivity index (χ1) is 12.1. The molecule has 1 saturated heterocycles. The molecular formula is C18H25N5O2. The van der Waals surface area contributed by atoms with Crippen LogP contribution in [0.1, 0.15) is 53.3 Å². The fourth-order valence-corrected chi connectivity index (χ4v) is 3.30. The van der Waals surface area contributed by atoms with Gasteiger partial charge in [-0.15, -0.1) is 0 Å². The Bertz CT molecular complexity index is 735. The molecule has 0 N–H and O–H groups in total. The summed E-state index contributed by atoms with van der Waals surface area (Å²) in [5.74, 6) is 1.13. The molecule has 1 aliphatic rings. The van der Waals surface area contributed by atoms with Crippen LogP contribution in [0.2, 0.25) is 0 Å². The van der Waals surface area contributed by atoms with Gasteiger partial charge in [0.25, 0.3) is 5.91 Å². The number of aryl methyl sites for hydroxylation is 2. The van der Waals surface area contributed by atoms with Gasteiger partial charge < -0.3 is 9.64 Å². The standard InChI is InChI=1S/C18H25N5O2/c1-4-23-10-7-16(21-23)18(24)22-8-5-14(6-9-22)17-15(12-25-3)11-19-13(2)20-17/h7,10-11,14H,4-6,8-9,12H2,1-3H3. The van der Waals surface area contributed by atoms with E-state index in [1.54, 1.807) is 17.9 Å². The second kappa shape index (κ2) is 7.74. The van der Waals surface area contributed by atoms with Crippen LogP contribution in [0.3, 0.4) is 0 Å². The molecule has 0 saturated carbocycles. The molecule has 3 heterocycles. The molecule has 3 rings (SSSR count). The van der Waals surface area contributed by atoms with Gasteiger partial charge in [-0.3, -0.25) is 9.48 Å². The Kier molecular flexibility index (Phi) is 5.43. The lowest BCUT2D eigenvalue weighted by Gasteiger charge is -2.32. The second-order valence-corrected chi connectivity index (χ2v) is 6.38. The zero-order valence-electron chi connectivity index (χ0n) is 15.1. The summed E-state index contributed by atoms with van der Waals surface area (Å²) in [6, 6.07) is 1.79. The number of nitrogens with zero attached hydrogens (tertiary/aromatic N) is 5. The maximum absolute atomic E-state index is 12.6. The number of carbonyl (C=O) groups excluding carboxylic acids is 1. The van der Waals surface area contributed by atoms with Crippen LogP contribution in [-0.2, 0) is 17.9 Å². The van der Waals surface area contributed by atoms with Gasteiger partial charge in [0.05, 0.1) is 12.3 Å². The van der Waals surface area contributed by atoms with Crippen molar-refractivity contribution in [3.05, 3.63) is 41.2 Å².